The highest BCUT2D eigenvalue weighted by molar-refractivity contribution is 7.09. The molecule has 0 bridgehead atoms. The average molecular weight is 292 g/mol. The van der Waals surface area contributed by atoms with Crippen LogP contribution in [0, 0.1) is 0 Å². The molecule has 0 saturated heterocycles. The van der Waals surface area contributed by atoms with Gasteiger partial charge in [-0.25, -0.2) is 4.98 Å². The van der Waals surface area contributed by atoms with Crippen molar-refractivity contribution in [1.82, 2.24) is 14.7 Å². The normalized spacial score (nSPS) is 10.6. The number of benzene rings is 1. The highest BCUT2D eigenvalue weighted by atomic mass is 32.1. The van der Waals surface area contributed by atoms with Crippen LogP contribution < -0.4 is 15.0 Å². The number of rotatable bonds is 7. The zero-order valence-electron chi connectivity index (χ0n) is 12.1. The Bertz CT molecular complexity index is 543. The lowest BCUT2D eigenvalue weighted by molar-refractivity contribution is 0.410. The summed E-state index contributed by atoms with van der Waals surface area (Å²) < 4.78 is 9.78. The molecule has 0 amide bonds. The van der Waals surface area contributed by atoms with E-state index in [1.807, 2.05) is 38.4 Å². The number of methoxy groups -OCH3 is 1. The van der Waals surface area contributed by atoms with Gasteiger partial charge in [0.05, 0.1) is 7.11 Å². The maximum Gasteiger partial charge on any atom is 0.204 e. The largest absolute Gasteiger partial charge is 0.496 e. The molecule has 0 atom stereocenters. The number of ether oxygens (including phenoxy) is 1. The summed E-state index contributed by atoms with van der Waals surface area (Å²) in [7, 11) is 5.66. The van der Waals surface area contributed by atoms with E-state index in [2.05, 4.69) is 19.6 Å². The van der Waals surface area contributed by atoms with Crippen molar-refractivity contribution in [2.45, 2.75) is 6.42 Å². The van der Waals surface area contributed by atoms with Gasteiger partial charge in [0.1, 0.15) is 11.6 Å². The van der Waals surface area contributed by atoms with Crippen molar-refractivity contribution in [3.63, 3.8) is 0 Å². The Morgan fingerprint density at radius 1 is 1.35 bits per heavy atom. The van der Waals surface area contributed by atoms with Crippen LogP contribution in [0.1, 0.15) is 11.4 Å². The van der Waals surface area contributed by atoms with Crippen LogP contribution in [0.3, 0.4) is 0 Å². The Morgan fingerprint density at radius 3 is 2.90 bits per heavy atom. The summed E-state index contributed by atoms with van der Waals surface area (Å²) in [5.74, 6) is 1.72. The fourth-order valence-electron chi connectivity index (χ4n) is 1.87. The van der Waals surface area contributed by atoms with E-state index in [0.29, 0.717) is 6.42 Å². The number of hydrogen-bond acceptors (Lipinski definition) is 6. The molecule has 2 rings (SSSR count). The number of para-hydroxylation sites is 1. The molecule has 0 unspecified atom stereocenters. The minimum absolute atomic E-state index is 0.695. The third-order valence-electron chi connectivity index (χ3n) is 3.02. The predicted molar refractivity (Wildman–Crippen MR) is 82.9 cm³/mol. The van der Waals surface area contributed by atoms with Gasteiger partial charge in [-0.15, -0.1) is 0 Å². The van der Waals surface area contributed by atoms with E-state index in [1.165, 1.54) is 11.5 Å². The number of nitrogens with one attached hydrogen (secondary N) is 1. The molecule has 6 heteroatoms. The molecule has 1 aromatic heterocycles. The van der Waals surface area contributed by atoms with Crippen molar-refractivity contribution in [2.24, 2.45) is 0 Å². The van der Waals surface area contributed by atoms with E-state index >= 15 is 0 Å². The number of nitrogens with zero attached hydrogens (tertiary/aromatic N) is 3. The van der Waals surface area contributed by atoms with Crippen LogP contribution in [0.4, 0.5) is 5.13 Å². The Hall–Kier alpha value is -1.66. The Balaban J connectivity index is 2.05. The Labute approximate surface area is 123 Å². The van der Waals surface area contributed by atoms with E-state index < -0.39 is 0 Å². The summed E-state index contributed by atoms with van der Waals surface area (Å²) in [4.78, 5) is 6.69. The molecule has 0 fully saturated rings. The topological polar surface area (TPSA) is 50.3 Å². The van der Waals surface area contributed by atoms with Crippen molar-refractivity contribution < 1.29 is 4.74 Å². The lowest BCUT2D eigenvalue weighted by Crippen LogP contribution is -2.26. The van der Waals surface area contributed by atoms with Gasteiger partial charge in [-0.3, -0.25) is 0 Å². The first kappa shape index (κ1) is 14.7. The van der Waals surface area contributed by atoms with Gasteiger partial charge in [-0.1, -0.05) is 18.2 Å². The van der Waals surface area contributed by atoms with Crippen LogP contribution in [0.2, 0.25) is 0 Å². The smallest absolute Gasteiger partial charge is 0.204 e. The summed E-state index contributed by atoms with van der Waals surface area (Å²) in [6.07, 6.45) is 0.695. The Morgan fingerprint density at radius 2 is 2.15 bits per heavy atom. The molecule has 1 aromatic carbocycles. The van der Waals surface area contributed by atoms with Gasteiger partial charge in [0.2, 0.25) is 5.13 Å². The second-order valence-electron chi connectivity index (χ2n) is 4.51. The first-order chi connectivity index (χ1) is 9.74. The van der Waals surface area contributed by atoms with Gasteiger partial charge >= 0.3 is 0 Å². The minimum Gasteiger partial charge on any atom is -0.496 e. The van der Waals surface area contributed by atoms with E-state index in [9.17, 15) is 0 Å². The Kier molecular flexibility index (Phi) is 5.31. The highest BCUT2D eigenvalue weighted by Gasteiger charge is 2.10. The fourth-order valence-corrected chi connectivity index (χ4v) is 2.54. The maximum atomic E-state index is 5.35. The number of aromatic nitrogens is 2. The van der Waals surface area contributed by atoms with E-state index in [1.54, 1.807) is 7.11 Å². The summed E-state index contributed by atoms with van der Waals surface area (Å²) in [6.45, 7) is 1.84. The molecule has 0 spiro atoms. The quantitative estimate of drug-likeness (QED) is 0.843. The lowest BCUT2D eigenvalue weighted by atomic mass is 10.1. The van der Waals surface area contributed by atoms with Crippen molar-refractivity contribution in [1.29, 1.82) is 0 Å². The van der Waals surface area contributed by atoms with Gasteiger partial charge in [0.15, 0.2) is 0 Å². The zero-order valence-corrected chi connectivity index (χ0v) is 12.9. The second kappa shape index (κ2) is 7.21. The van der Waals surface area contributed by atoms with E-state index in [0.717, 1.165) is 35.4 Å². The average Bonchev–Trinajstić information content (AvgIpc) is 2.94. The molecule has 1 heterocycles. The van der Waals surface area contributed by atoms with Gasteiger partial charge < -0.3 is 15.0 Å². The van der Waals surface area contributed by atoms with Crippen LogP contribution in [0.25, 0.3) is 0 Å². The molecule has 0 aliphatic carbocycles. The van der Waals surface area contributed by atoms with Crippen molar-refractivity contribution in [2.75, 3.05) is 39.2 Å². The first-order valence-corrected chi connectivity index (χ1v) is 7.32. The summed E-state index contributed by atoms with van der Waals surface area (Å²) in [6, 6.07) is 7.98. The first-order valence-electron chi connectivity index (χ1n) is 6.54. The number of anilines is 1. The van der Waals surface area contributed by atoms with Crippen molar-refractivity contribution in [3.05, 3.63) is 35.7 Å². The van der Waals surface area contributed by atoms with Crippen LogP contribution in [0.5, 0.6) is 5.75 Å². The van der Waals surface area contributed by atoms with Crippen LogP contribution in [-0.4, -0.2) is 43.7 Å². The predicted octanol–water partition coefficient (Wildman–Crippen LogP) is 1.79. The third kappa shape index (κ3) is 3.68. The van der Waals surface area contributed by atoms with Crippen molar-refractivity contribution >= 4 is 16.7 Å². The SMILES string of the molecule is CNCCN(C)c1nc(Cc2ccccc2OC)ns1. The highest BCUT2D eigenvalue weighted by Crippen LogP contribution is 2.22. The molecule has 0 saturated carbocycles. The molecular formula is C14H20N4OS. The van der Waals surface area contributed by atoms with E-state index in [4.69, 9.17) is 4.74 Å². The molecular weight excluding hydrogens is 272 g/mol. The van der Waals surface area contributed by atoms with Crippen LogP contribution >= 0.6 is 11.5 Å². The fraction of sp³-hybridized carbons (Fsp3) is 0.429. The van der Waals surface area contributed by atoms with E-state index in [-0.39, 0.29) is 0 Å². The zero-order chi connectivity index (χ0) is 14.4. The number of likely N-dealkylation sites (N-methyl/N-ethyl adjacent to an activating group) is 2. The molecule has 2 aromatic rings. The summed E-state index contributed by atoms with van der Waals surface area (Å²) in [5.41, 5.74) is 1.11. The molecule has 20 heavy (non-hydrogen) atoms. The summed E-state index contributed by atoms with van der Waals surface area (Å²) >= 11 is 1.44. The molecule has 108 valence electrons. The molecule has 0 aliphatic rings. The van der Waals surface area contributed by atoms with Crippen LogP contribution in [-0.2, 0) is 6.42 Å². The molecule has 0 aliphatic heterocycles. The van der Waals surface area contributed by atoms with Crippen LogP contribution in [0.15, 0.2) is 24.3 Å². The molecule has 5 nitrogen and oxygen atoms in total. The minimum atomic E-state index is 0.695. The third-order valence-corrected chi connectivity index (χ3v) is 3.89. The van der Waals surface area contributed by atoms with Gasteiger partial charge in [0.25, 0.3) is 0 Å². The standard InChI is InChI=1S/C14H20N4OS/c1-15-8-9-18(2)14-16-13(17-20-14)10-11-6-4-5-7-12(11)19-3/h4-7,15H,8-10H2,1-3H3. The lowest BCUT2D eigenvalue weighted by Gasteiger charge is -2.14. The molecule has 1 N–H and O–H groups in total. The second-order valence-corrected chi connectivity index (χ2v) is 5.24. The molecule has 0 radical (unpaired) electrons. The van der Waals surface area contributed by atoms with Crippen molar-refractivity contribution in [3.8, 4) is 5.75 Å². The van der Waals surface area contributed by atoms with Gasteiger partial charge in [-0.2, -0.15) is 4.37 Å². The maximum absolute atomic E-state index is 5.35. The van der Waals surface area contributed by atoms with Gasteiger partial charge in [0, 0.05) is 43.7 Å². The monoisotopic (exact) mass is 292 g/mol. The van der Waals surface area contributed by atoms with Gasteiger partial charge in [-0.05, 0) is 13.1 Å². The summed E-state index contributed by atoms with van der Waals surface area (Å²) in [5, 5.41) is 4.08. The number of hydrogen-bond donors (Lipinski definition) is 1.